The molecule has 9 nitrogen and oxygen atoms in total. The standard InChI is InChI=1S/C38H42FNO8S/c1-5-6-7-8-12-32(41)46-30-22-38(4,17-18-45-28-15-13-25(14-16-28)20-31-35(42)40-37(44)49-31)48-29-19-23(2)34(24(3)33(29)30)47-36(43)26-10-9-11-27(39)21-26/h9-11,13-16,19,21,30-31H,5-8,12,17-18,20,22H2,1-4H3,(H,40,42,44). The van der Waals surface area contributed by atoms with Gasteiger partial charge in [0.2, 0.25) is 5.91 Å². The molecule has 0 spiro atoms. The molecule has 0 radical (unpaired) electrons. The second kappa shape index (κ2) is 15.9. The lowest BCUT2D eigenvalue weighted by atomic mass is 9.85. The fourth-order valence-corrected chi connectivity index (χ4v) is 7.03. The Bertz CT molecular complexity index is 1710. The predicted molar refractivity (Wildman–Crippen MR) is 184 cm³/mol. The first kappa shape index (κ1) is 35.9. The molecule has 5 rings (SSSR count). The van der Waals surface area contributed by atoms with Crippen LogP contribution in [0.5, 0.6) is 17.2 Å². The van der Waals surface area contributed by atoms with Crippen molar-refractivity contribution in [3.05, 3.63) is 88.2 Å². The first-order chi connectivity index (χ1) is 23.4. The monoisotopic (exact) mass is 691 g/mol. The lowest BCUT2D eigenvalue weighted by Crippen LogP contribution is -2.41. The summed E-state index contributed by atoms with van der Waals surface area (Å²) >= 11 is 1.00. The van der Waals surface area contributed by atoms with Gasteiger partial charge in [0.1, 0.15) is 34.8 Å². The normalized spacial score (nSPS) is 19.9. The van der Waals surface area contributed by atoms with Crippen molar-refractivity contribution in [2.75, 3.05) is 6.61 Å². The van der Waals surface area contributed by atoms with Crippen molar-refractivity contribution in [2.24, 2.45) is 0 Å². The summed E-state index contributed by atoms with van der Waals surface area (Å²) in [4.78, 5) is 49.5. The Hall–Kier alpha value is -4.38. The number of carbonyl (C=O) groups is 4. The molecular weight excluding hydrogens is 649 g/mol. The third-order valence-corrected chi connectivity index (χ3v) is 9.77. The maximum absolute atomic E-state index is 13.8. The zero-order chi connectivity index (χ0) is 35.1. The molecule has 1 saturated heterocycles. The summed E-state index contributed by atoms with van der Waals surface area (Å²) in [5, 5.41) is 1.55. The van der Waals surface area contributed by atoms with Crippen molar-refractivity contribution in [1.82, 2.24) is 5.32 Å². The second-order valence-corrected chi connectivity index (χ2v) is 14.0. The van der Waals surface area contributed by atoms with E-state index < -0.39 is 28.7 Å². The number of thioether (sulfide) groups is 1. The van der Waals surface area contributed by atoms with E-state index in [0.717, 1.165) is 49.1 Å². The van der Waals surface area contributed by atoms with Gasteiger partial charge in [-0.25, -0.2) is 9.18 Å². The zero-order valence-electron chi connectivity index (χ0n) is 28.3. The number of amides is 2. The van der Waals surface area contributed by atoms with E-state index in [-0.39, 0.29) is 22.7 Å². The minimum Gasteiger partial charge on any atom is -0.493 e. The van der Waals surface area contributed by atoms with Gasteiger partial charge in [-0.05, 0) is 81.1 Å². The molecule has 2 aliphatic rings. The van der Waals surface area contributed by atoms with Gasteiger partial charge in [0.05, 0.1) is 17.4 Å². The number of imide groups is 1. The molecule has 0 aliphatic carbocycles. The van der Waals surface area contributed by atoms with E-state index >= 15 is 0 Å². The van der Waals surface area contributed by atoms with Gasteiger partial charge in [-0.2, -0.15) is 0 Å². The number of halogens is 1. The number of nitrogens with one attached hydrogen (secondary N) is 1. The summed E-state index contributed by atoms with van der Waals surface area (Å²) in [7, 11) is 0. The Balaban J connectivity index is 1.30. The first-order valence-corrected chi connectivity index (χ1v) is 17.6. The van der Waals surface area contributed by atoms with Gasteiger partial charge in [0.15, 0.2) is 0 Å². The van der Waals surface area contributed by atoms with Crippen LogP contribution in [0.2, 0.25) is 0 Å². The summed E-state index contributed by atoms with van der Waals surface area (Å²) in [5.74, 6) is -0.312. The fourth-order valence-electron chi connectivity index (χ4n) is 6.17. The van der Waals surface area contributed by atoms with Crippen molar-refractivity contribution < 1.29 is 42.5 Å². The van der Waals surface area contributed by atoms with Crippen LogP contribution >= 0.6 is 11.8 Å². The highest BCUT2D eigenvalue weighted by atomic mass is 32.2. The third-order valence-electron chi connectivity index (χ3n) is 8.79. The SMILES string of the molecule is CCCCCCC(=O)OC1CC(C)(CCOc2ccc(CC3SC(=O)NC3=O)cc2)Oc2cc(C)c(OC(=O)c3cccc(F)c3)c(C)c21. The van der Waals surface area contributed by atoms with Crippen LogP contribution in [0.1, 0.15) is 97.5 Å². The third kappa shape index (κ3) is 9.20. The number of aryl methyl sites for hydroxylation is 1. The topological polar surface area (TPSA) is 117 Å². The van der Waals surface area contributed by atoms with E-state index in [4.69, 9.17) is 18.9 Å². The molecule has 1 fully saturated rings. The number of benzene rings is 3. The van der Waals surface area contributed by atoms with E-state index in [1.165, 1.54) is 18.2 Å². The van der Waals surface area contributed by atoms with Crippen molar-refractivity contribution in [3.63, 3.8) is 0 Å². The summed E-state index contributed by atoms with van der Waals surface area (Å²) in [6.45, 7) is 7.99. The van der Waals surface area contributed by atoms with Crippen LogP contribution in [0, 0.1) is 19.7 Å². The van der Waals surface area contributed by atoms with Crippen LogP contribution in [0.4, 0.5) is 9.18 Å². The molecule has 3 aromatic rings. The first-order valence-electron chi connectivity index (χ1n) is 16.7. The Morgan fingerprint density at radius 3 is 2.53 bits per heavy atom. The lowest BCUT2D eigenvalue weighted by molar-refractivity contribution is -0.154. The van der Waals surface area contributed by atoms with Gasteiger partial charge in [-0.15, -0.1) is 0 Å². The Kier molecular flexibility index (Phi) is 11.6. The highest BCUT2D eigenvalue weighted by Gasteiger charge is 2.41. The van der Waals surface area contributed by atoms with Gasteiger partial charge in [-0.3, -0.25) is 19.7 Å². The van der Waals surface area contributed by atoms with E-state index in [1.54, 1.807) is 19.9 Å². The molecule has 3 aromatic carbocycles. The summed E-state index contributed by atoms with van der Waals surface area (Å²) in [6.07, 6.45) is 4.70. The van der Waals surface area contributed by atoms with E-state index in [2.05, 4.69) is 12.2 Å². The molecule has 0 saturated carbocycles. The quantitative estimate of drug-likeness (QED) is 0.102. The van der Waals surface area contributed by atoms with Crippen molar-refractivity contribution in [2.45, 2.75) is 96.0 Å². The summed E-state index contributed by atoms with van der Waals surface area (Å²) in [5.41, 5.74) is 2.14. The molecule has 0 aromatic heterocycles. The summed E-state index contributed by atoms with van der Waals surface area (Å²) in [6, 6.07) is 14.5. The smallest absolute Gasteiger partial charge is 0.343 e. The molecule has 2 heterocycles. The number of carbonyl (C=O) groups excluding carboxylic acids is 4. The van der Waals surface area contributed by atoms with E-state index in [9.17, 15) is 23.6 Å². The molecule has 3 unspecified atom stereocenters. The van der Waals surface area contributed by atoms with Crippen LogP contribution in [-0.2, 0) is 20.7 Å². The highest BCUT2D eigenvalue weighted by molar-refractivity contribution is 8.15. The number of ether oxygens (including phenoxy) is 4. The van der Waals surface area contributed by atoms with Gasteiger partial charge < -0.3 is 18.9 Å². The second-order valence-electron chi connectivity index (χ2n) is 12.8. The average molecular weight is 692 g/mol. The molecule has 2 amide bonds. The minimum absolute atomic E-state index is 0.0850. The molecule has 0 bridgehead atoms. The number of unbranched alkanes of at least 4 members (excludes halogenated alkanes) is 3. The predicted octanol–water partition coefficient (Wildman–Crippen LogP) is 8.12. The minimum atomic E-state index is -0.752. The highest BCUT2D eigenvalue weighted by Crippen LogP contribution is 2.48. The Morgan fingerprint density at radius 2 is 1.84 bits per heavy atom. The number of esters is 2. The van der Waals surface area contributed by atoms with Crippen LogP contribution in [0.3, 0.4) is 0 Å². The Morgan fingerprint density at radius 1 is 1.06 bits per heavy atom. The van der Waals surface area contributed by atoms with Gasteiger partial charge in [0.25, 0.3) is 5.24 Å². The van der Waals surface area contributed by atoms with E-state index in [1.807, 2.05) is 31.2 Å². The number of rotatable bonds is 14. The molecule has 11 heteroatoms. The van der Waals surface area contributed by atoms with Crippen molar-refractivity contribution in [3.8, 4) is 17.2 Å². The molecule has 3 atom stereocenters. The van der Waals surface area contributed by atoms with Crippen LogP contribution in [0.25, 0.3) is 0 Å². The fraction of sp³-hybridized carbons (Fsp3) is 0.421. The van der Waals surface area contributed by atoms with E-state index in [0.29, 0.717) is 66.2 Å². The molecular formula is C38H42FNO8S. The Labute approximate surface area is 290 Å². The summed E-state index contributed by atoms with van der Waals surface area (Å²) < 4.78 is 38.4. The molecule has 2 aliphatic heterocycles. The van der Waals surface area contributed by atoms with Crippen molar-refractivity contribution in [1.29, 1.82) is 0 Å². The van der Waals surface area contributed by atoms with Gasteiger partial charge in [0, 0.05) is 30.4 Å². The lowest BCUT2D eigenvalue weighted by Gasteiger charge is -2.40. The molecule has 1 N–H and O–H groups in total. The molecule has 49 heavy (non-hydrogen) atoms. The average Bonchev–Trinajstić information content (AvgIpc) is 3.37. The van der Waals surface area contributed by atoms with Crippen molar-refractivity contribution >= 4 is 34.8 Å². The maximum atomic E-state index is 13.8. The zero-order valence-corrected chi connectivity index (χ0v) is 29.1. The maximum Gasteiger partial charge on any atom is 0.343 e. The number of fused-ring (bicyclic) bond motifs is 1. The van der Waals surface area contributed by atoms with Crippen LogP contribution in [0.15, 0.2) is 54.6 Å². The largest absolute Gasteiger partial charge is 0.493 e. The number of hydrogen-bond donors (Lipinski definition) is 1. The van der Waals surface area contributed by atoms with Gasteiger partial charge in [-0.1, -0.05) is 56.1 Å². The van der Waals surface area contributed by atoms with Crippen LogP contribution < -0.4 is 19.5 Å². The number of hydrogen-bond acceptors (Lipinski definition) is 9. The van der Waals surface area contributed by atoms with Gasteiger partial charge >= 0.3 is 11.9 Å². The van der Waals surface area contributed by atoms with Crippen LogP contribution in [-0.4, -0.2) is 40.5 Å². The molecule has 260 valence electrons.